The fourth-order valence-electron chi connectivity index (χ4n) is 3.13. The van der Waals surface area contributed by atoms with Crippen molar-refractivity contribution < 1.29 is 19.1 Å². The molecule has 0 atom stereocenters. The van der Waals surface area contributed by atoms with E-state index in [2.05, 4.69) is 5.32 Å². The van der Waals surface area contributed by atoms with Gasteiger partial charge in [0, 0.05) is 30.4 Å². The zero-order valence-corrected chi connectivity index (χ0v) is 15.9. The van der Waals surface area contributed by atoms with E-state index in [4.69, 9.17) is 9.47 Å². The maximum atomic E-state index is 12.7. The third kappa shape index (κ3) is 4.05. The molecule has 0 unspecified atom stereocenters. The maximum Gasteiger partial charge on any atom is 0.255 e. The first kappa shape index (κ1) is 18.8. The molecule has 0 saturated heterocycles. The number of fused-ring (bicyclic) bond motifs is 1. The molecule has 2 amide bonds. The molecule has 1 N–H and O–H groups in total. The van der Waals surface area contributed by atoms with E-state index in [0.717, 1.165) is 11.3 Å². The number of nitrogens with zero attached hydrogens (tertiary/aromatic N) is 1. The van der Waals surface area contributed by atoms with E-state index in [1.807, 2.05) is 32.0 Å². The second-order valence-corrected chi connectivity index (χ2v) is 6.28. The van der Waals surface area contributed by atoms with Crippen LogP contribution in [-0.2, 0) is 11.2 Å². The summed E-state index contributed by atoms with van der Waals surface area (Å²) in [7, 11) is 1.77. The lowest BCUT2D eigenvalue weighted by molar-refractivity contribution is -0.118. The molecule has 0 bridgehead atoms. The molecule has 0 aliphatic carbocycles. The predicted octanol–water partition coefficient (Wildman–Crippen LogP) is 3.65. The van der Waals surface area contributed by atoms with Gasteiger partial charge in [-0.3, -0.25) is 9.59 Å². The number of aryl methyl sites for hydroxylation is 1. The summed E-state index contributed by atoms with van der Waals surface area (Å²) in [6.45, 7) is 4.80. The minimum Gasteiger partial charge on any atom is -0.490 e. The number of nitrogens with one attached hydrogen (secondary N) is 1. The van der Waals surface area contributed by atoms with Crippen LogP contribution in [0.4, 0.5) is 11.4 Å². The smallest absolute Gasteiger partial charge is 0.255 e. The van der Waals surface area contributed by atoms with Gasteiger partial charge in [-0.25, -0.2) is 0 Å². The molecule has 6 nitrogen and oxygen atoms in total. The Balaban J connectivity index is 1.79. The molecule has 1 aliphatic heterocycles. The van der Waals surface area contributed by atoms with E-state index in [1.165, 1.54) is 0 Å². The third-order valence-electron chi connectivity index (χ3n) is 4.49. The monoisotopic (exact) mass is 368 g/mol. The number of ether oxygens (including phenoxy) is 2. The van der Waals surface area contributed by atoms with Gasteiger partial charge in [0.25, 0.3) is 5.91 Å². The Morgan fingerprint density at radius 2 is 1.78 bits per heavy atom. The van der Waals surface area contributed by atoms with Crippen molar-refractivity contribution in [2.45, 2.75) is 26.7 Å². The molecule has 27 heavy (non-hydrogen) atoms. The van der Waals surface area contributed by atoms with Crippen LogP contribution in [-0.4, -0.2) is 32.1 Å². The highest BCUT2D eigenvalue weighted by Gasteiger charge is 2.21. The second kappa shape index (κ2) is 8.12. The van der Waals surface area contributed by atoms with E-state index < -0.39 is 0 Å². The van der Waals surface area contributed by atoms with Crippen molar-refractivity contribution >= 4 is 23.2 Å². The standard InChI is InChI=1S/C21H24N2O4/c1-4-26-18-10-6-15(13-19(18)27-5-2)21(25)22-16-8-9-17-14(12-16)7-11-20(24)23(17)3/h6,8-10,12-13H,4-5,7,11H2,1-3H3,(H,22,25). The number of rotatable bonds is 6. The zero-order valence-electron chi connectivity index (χ0n) is 15.9. The first-order chi connectivity index (χ1) is 13.0. The van der Waals surface area contributed by atoms with Crippen molar-refractivity contribution in [2.75, 3.05) is 30.5 Å². The first-order valence-corrected chi connectivity index (χ1v) is 9.14. The lowest BCUT2D eigenvalue weighted by Gasteiger charge is -2.26. The molecular formula is C21H24N2O4. The van der Waals surface area contributed by atoms with Crippen LogP contribution >= 0.6 is 0 Å². The van der Waals surface area contributed by atoms with Gasteiger partial charge in [-0.2, -0.15) is 0 Å². The minimum absolute atomic E-state index is 0.108. The summed E-state index contributed by atoms with van der Waals surface area (Å²) in [5.74, 6) is 1.06. The number of benzene rings is 2. The molecule has 0 radical (unpaired) electrons. The van der Waals surface area contributed by atoms with Gasteiger partial charge in [0.15, 0.2) is 11.5 Å². The van der Waals surface area contributed by atoms with E-state index in [0.29, 0.717) is 48.8 Å². The second-order valence-electron chi connectivity index (χ2n) is 6.28. The highest BCUT2D eigenvalue weighted by molar-refractivity contribution is 6.05. The van der Waals surface area contributed by atoms with Crippen LogP contribution in [0.2, 0.25) is 0 Å². The van der Waals surface area contributed by atoms with Crippen molar-refractivity contribution in [3.63, 3.8) is 0 Å². The van der Waals surface area contributed by atoms with Crippen LogP contribution in [0, 0.1) is 0 Å². The quantitative estimate of drug-likeness (QED) is 0.845. The number of hydrogen-bond acceptors (Lipinski definition) is 4. The van der Waals surface area contributed by atoms with Gasteiger partial charge < -0.3 is 19.7 Å². The van der Waals surface area contributed by atoms with Crippen LogP contribution in [0.1, 0.15) is 36.2 Å². The van der Waals surface area contributed by atoms with Gasteiger partial charge in [-0.1, -0.05) is 0 Å². The first-order valence-electron chi connectivity index (χ1n) is 9.14. The Bertz CT molecular complexity index is 863. The maximum absolute atomic E-state index is 12.7. The van der Waals surface area contributed by atoms with Gasteiger partial charge >= 0.3 is 0 Å². The van der Waals surface area contributed by atoms with Gasteiger partial charge in [-0.05, 0) is 62.2 Å². The lowest BCUT2D eigenvalue weighted by atomic mass is 10.0. The molecule has 1 aliphatic rings. The number of carbonyl (C=O) groups is 2. The largest absolute Gasteiger partial charge is 0.490 e. The summed E-state index contributed by atoms with van der Waals surface area (Å²) in [5, 5.41) is 2.92. The molecule has 0 saturated carbocycles. The average molecular weight is 368 g/mol. The van der Waals surface area contributed by atoms with Crippen molar-refractivity contribution in [3.8, 4) is 11.5 Å². The third-order valence-corrected chi connectivity index (χ3v) is 4.49. The highest BCUT2D eigenvalue weighted by atomic mass is 16.5. The summed E-state index contributed by atoms with van der Waals surface area (Å²) in [6, 6.07) is 10.8. The molecule has 142 valence electrons. The van der Waals surface area contributed by atoms with Crippen molar-refractivity contribution in [1.29, 1.82) is 0 Å². The zero-order chi connectivity index (χ0) is 19.4. The van der Waals surface area contributed by atoms with Crippen molar-refractivity contribution in [2.24, 2.45) is 0 Å². The van der Waals surface area contributed by atoms with Gasteiger partial charge in [0.2, 0.25) is 5.91 Å². The molecule has 1 heterocycles. The Kier molecular flexibility index (Phi) is 5.64. The van der Waals surface area contributed by atoms with E-state index >= 15 is 0 Å². The average Bonchev–Trinajstić information content (AvgIpc) is 2.66. The highest BCUT2D eigenvalue weighted by Crippen LogP contribution is 2.31. The molecule has 6 heteroatoms. The number of amides is 2. The van der Waals surface area contributed by atoms with E-state index in [9.17, 15) is 9.59 Å². The number of anilines is 2. The summed E-state index contributed by atoms with van der Waals surface area (Å²) in [6.07, 6.45) is 1.16. The van der Waals surface area contributed by atoms with Crippen molar-refractivity contribution in [1.82, 2.24) is 0 Å². The Morgan fingerprint density at radius 1 is 1.04 bits per heavy atom. The van der Waals surface area contributed by atoms with Crippen molar-refractivity contribution in [3.05, 3.63) is 47.5 Å². The summed E-state index contributed by atoms with van der Waals surface area (Å²) in [4.78, 5) is 26.1. The van der Waals surface area contributed by atoms with Crippen LogP contribution < -0.4 is 19.7 Å². The predicted molar refractivity (Wildman–Crippen MR) is 105 cm³/mol. The number of hydrogen-bond donors (Lipinski definition) is 1. The van der Waals surface area contributed by atoms with Crippen LogP contribution in [0.25, 0.3) is 0 Å². The fourth-order valence-corrected chi connectivity index (χ4v) is 3.13. The van der Waals surface area contributed by atoms with Crippen LogP contribution in [0.15, 0.2) is 36.4 Å². The molecule has 0 spiro atoms. The van der Waals surface area contributed by atoms with Gasteiger partial charge in [-0.15, -0.1) is 0 Å². The molecule has 2 aromatic rings. The molecule has 0 aromatic heterocycles. The van der Waals surface area contributed by atoms with E-state index in [1.54, 1.807) is 30.1 Å². The Morgan fingerprint density at radius 3 is 2.52 bits per heavy atom. The minimum atomic E-state index is -0.223. The van der Waals surface area contributed by atoms with E-state index in [-0.39, 0.29) is 11.8 Å². The summed E-state index contributed by atoms with van der Waals surface area (Å²) < 4.78 is 11.1. The summed E-state index contributed by atoms with van der Waals surface area (Å²) in [5.41, 5.74) is 3.14. The normalized spacial score (nSPS) is 13.1. The Hall–Kier alpha value is -3.02. The number of carbonyl (C=O) groups excluding carboxylic acids is 2. The van der Waals surface area contributed by atoms with Gasteiger partial charge in [0.05, 0.1) is 13.2 Å². The molecule has 2 aromatic carbocycles. The Labute approximate surface area is 159 Å². The van der Waals surface area contributed by atoms with Crippen LogP contribution in [0.3, 0.4) is 0 Å². The summed E-state index contributed by atoms with van der Waals surface area (Å²) >= 11 is 0. The fraction of sp³-hybridized carbons (Fsp3) is 0.333. The lowest BCUT2D eigenvalue weighted by Crippen LogP contribution is -2.31. The molecular weight excluding hydrogens is 344 g/mol. The molecule has 0 fully saturated rings. The van der Waals surface area contributed by atoms with Gasteiger partial charge in [0.1, 0.15) is 0 Å². The molecule has 3 rings (SSSR count). The van der Waals surface area contributed by atoms with Crippen LogP contribution in [0.5, 0.6) is 11.5 Å². The SMILES string of the molecule is CCOc1ccc(C(=O)Nc2ccc3c(c2)CCC(=O)N3C)cc1OCC. The topological polar surface area (TPSA) is 67.9 Å².